The van der Waals surface area contributed by atoms with Crippen molar-refractivity contribution in [3.05, 3.63) is 60.2 Å². The second-order valence-electron chi connectivity index (χ2n) is 6.59. The molecule has 1 aliphatic rings. The van der Waals surface area contributed by atoms with E-state index in [9.17, 15) is 18.0 Å². The van der Waals surface area contributed by atoms with Crippen molar-refractivity contribution in [2.24, 2.45) is 5.92 Å². The number of sulfonamides is 1. The van der Waals surface area contributed by atoms with E-state index < -0.39 is 10.0 Å². The van der Waals surface area contributed by atoms with E-state index in [2.05, 4.69) is 4.72 Å². The van der Waals surface area contributed by atoms with Gasteiger partial charge in [0.25, 0.3) is 15.9 Å². The number of nitrogens with one attached hydrogen (secondary N) is 1. The van der Waals surface area contributed by atoms with Crippen molar-refractivity contribution >= 4 is 27.6 Å². The number of benzene rings is 2. The molecule has 2 aromatic rings. The molecule has 8 heteroatoms. The number of hydrogen-bond donors (Lipinski definition) is 1. The van der Waals surface area contributed by atoms with E-state index in [4.69, 9.17) is 4.74 Å². The van der Waals surface area contributed by atoms with Crippen molar-refractivity contribution in [3.63, 3.8) is 0 Å². The van der Waals surface area contributed by atoms with Gasteiger partial charge in [-0.05, 0) is 49.2 Å². The van der Waals surface area contributed by atoms with E-state index in [0.717, 1.165) is 0 Å². The van der Waals surface area contributed by atoms with Crippen LogP contribution in [-0.4, -0.2) is 45.4 Å². The zero-order valence-electron chi connectivity index (χ0n) is 15.5. The zero-order chi connectivity index (χ0) is 20.1. The molecule has 0 unspecified atom stereocenters. The van der Waals surface area contributed by atoms with Crippen molar-refractivity contribution < 1.29 is 22.7 Å². The van der Waals surface area contributed by atoms with Crippen LogP contribution in [0, 0.1) is 5.92 Å². The number of ether oxygens (including phenoxy) is 1. The Morgan fingerprint density at radius 1 is 1.00 bits per heavy atom. The second kappa shape index (κ2) is 8.43. The molecule has 148 valence electrons. The zero-order valence-corrected chi connectivity index (χ0v) is 16.3. The van der Waals surface area contributed by atoms with E-state index in [0.29, 0.717) is 37.2 Å². The Kier molecular flexibility index (Phi) is 5.99. The highest BCUT2D eigenvalue weighted by Gasteiger charge is 2.28. The third kappa shape index (κ3) is 4.51. The highest BCUT2D eigenvalue weighted by molar-refractivity contribution is 7.92. The molecule has 1 N–H and O–H groups in total. The molecule has 1 fully saturated rings. The van der Waals surface area contributed by atoms with Crippen LogP contribution in [0.3, 0.4) is 0 Å². The van der Waals surface area contributed by atoms with E-state index in [1.54, 1.807) is 47.4 Å². The minimum absolute atomic E-state index is 0.138. The average Bonchev–Trinajstić information content (AvgIpc) is 2.74. The summed E-state index contributed by atoms with van der Waals surface area (Å²) in [5.74, 6) is -0.535. The van der Waals surface area contributed by atoms with Crippen LogP contribution in [-0.2, 0) is 19.6 Å². The number of hydrogen-bond acceptors (Lipinski definition) is 5. The first-order chi connectivity index (χ1) is 13.4. The molecule has 0 radical (unpaired) electrons. The maximum atomic E-state index is 12.6. The van der Waals surface area contributed by atoms with Crippen LogP contribution in [0.2, 0.25) is 0 Å². The van der Waals surface area contributed by atoms with Crippen LogP contribution in [0.15, 0.2) is 59.5 Å². The monoisotopic (exact) mass is 402 g/mol. The maximum absolute atomic E-state index is 12.6. The normalized spacial score (nSPS) is 15.1. The summed E-state index contributed by atoms with van der Waals surface area (Å²) in [5, 5.41) is 0. The Balaban J connectivity index is 1.63. The number of piperidine rings is 1. The summed E-state index contributed by atoms with van der Waals surface area (Å²) in [7, 11) is -2.30. The molecule has 1 aliphatic heterocycles. The number of anilines is 1. The Morgan fingerprint density at radius 2 is 1.61 bits per heavy atom. The third-order valence-electron chi connectivity index (χ3n) is 4.75. The lowest BCUT2D eigenvalue weighted by Crippen LogP contribution is -2.40. The van der Waals surface area contributed by atoms with Gasteiger partial charge in [-0.2, -0.15) is 0 Å². The number of rotatable bonds is 5. The maximum Gasteiger partial charge on any atom is 0.308 e. The van der Waals surface area contributed by atoms with Crippen LogP contribution in [0.25, 0.3) is 0 Å². The Morgan fingerprint density at radius 3 is 2.18 bits per heavy atom. The quantitative estimate of drug-likeness (QED) is 0.776. The molecular formula is C20H22N2O5S. The van der Waals surface area contributed by atoms with Gasteiger partial charge in [0, 0.05) is 24.3 Å². The van der Waals surface area contributed by atoms with Gasteiger partial charge >= 0.3 is 5.97 Å². The van der Waals surface area contributed by atoms with Crippen molar-refractivity contribution in [2.45, 2.75) is 17.7 Å². The number of carbonyl (C=O) groups excluding carboxylic acids is 2. The van der Waals surface area contributed by atoms with E-state index in [1.165, 1.54) is 19.2 Å². The molecular weight excluding hydrogens is 380 g/mol. The fourth-order valence-corrected chi connectivity index (χ4v) is 4.24. The third-order valence-corrected chi connectivity index (χ3v) is 6.15. The largest absolute Gasteiger partial charge is 0.469 e. The second-order valence-corrected chi connectivity index (χ2v) is 8.27. The fourth-order valence-electron chi connectivity index (χ4n) is 3.16. The minimum Gasteiger partial charge on any atom is -0.469 e. The Labute approximate surface area is 164 Å². The lowest BCUT2D eigenvalue weighted by atomic mass is 9.96. The van der Waals surface area contributed by atoms with Gasteiger partial charge in [0.15, 0.2) is 0 Å². The standard InChI is InChI=1S/C20H22N2O5S/c1-27-20(24)16-11-13-22(14-12-16)19(23)15-7-9-17(10-8-15)21-28(25,26)18-5-3-2-4-6-18/h2-10,16,21H,11-14H2,1H3. The summed E-state index contributed by atoms with van der Waals surface area (Å²) in [6, 6.07) is 14.4. The topological polar surface area (TPSA) is 92.8 Å². The SMILES string of the molecule is COC(=O)C1CCN(C(=O)c2ccc(NS(=O)(=O)c3ccccc3)cc2)CC1. The van der Waals surface area contributed by atoms with Crippen LogP contribution >= 0.6 is 0 Å². The molecule has 0 aliphatic carbocycles. The number of carbonyl (C=O) groups is 2. The van der Waals surface area contributed by atoms with E-state index in [-0.39, 0.29) is 22.7 Å². The molecule has 28 heavy (non-hydrogen) atoms. The molecule has 2 aromatic carbocycles. The predicted octanol–water partition coefficient (Wildman–Crippen LogP) is 2.51. The summed E-state index contributed by atoms with van der Waals surface area (Å²) in [6.45, 7) is 0.974. The first-order valence-corrected chi connectivity index (χ1v) is 10.4. The number of esters is 1. The molecule has 3 rings (SSSR count). The van der Waals surface area contributed by atoms with Gasteiger partial charge in [0.2, 0.25) is 0 Å². The summed E-state index contributed by atoms with van der Waals surface area (Å²) in [4.78, 5) is 26.1. The number of methoxy groups -OCH3 is 1. The summed E-state index contributed by atoms with van der Waals surface area (Å²) in [5.41, 5.74) is 0.851. The van der Waals surface area contributed by atoms with Gasteiger partial charge in [-0.1, -0.05) is 18.2 Å². The molecule has 0 bridgehead atoms. The van der Waals surface area contributed by atoms with Crippen molar-refractivity contribution in [3.8, 4) is 0 Å². The molecule has 0 atom stereocenters. The highest BCUT2D eigenvalue weighted by atomic mass is 32.2. The minimum atomic E-state index is -3.67. The summed E-state index contributed by atoms with van der Waals surface area (Å²) in [6.07, 6.45) is 1.15. The van der Waals surface area contributed by atoms with E-state index in [1.807, 2.05) is 0 Å². The summed E-state index contributed by atoms with van der Waals surface area (Å²) < 4.78 is 32.0. The lowest BCUT2D eigenvalue weighted by molar-refractivity contribution is -0.146. The van der Waals surface area contributed by atoms with Gasteiger partial charge < -0.3 is 9.64 Å². The first-order valence-electron chi connectivity index (χ1n) is 8.96. The molecule has 1 heterocycles. The van der Waals surface area contributed by atoms with Crippen molar-refractivity contribution in [2.75, 3.05) is 24.9 Å². The Bertz CT molecular complexity index is 934. The van der Waals surface area contributed by atoms with Gasteiger partial charge in [-0.3, -0.25) is 14.3 Å². The van der Waals surface area contributed by atoms with Gasteiger partial charge in [0.05, 0.1) is 17.9 Å². The van der Waals surface area contributed by atoms with Crippen LogP contribution < -0.4 is 4.72 Å². The average molecular weight is 402 g/mol. The van der Waals surface area contributed by atoms with Crippen LogP contribution in [0.5, 0.6) is 0 Å². The van der Waals surface area contributed by atoms with Crippen LogP contribution in [0.4, 0.5) is 5.69 Å². The number of likely N-dealkylation sites (tertiary alicyclic amines) is 1. The highest BCUT2D eigenvalue weighted by Crippen LogP contribution is 2.21. The Hall–Kier alpha value is -2.87. The van der Waals surface area contributed by atoms with Crippen molar-refractivity contribution in [1.82, 2.24) is 4.90 Å². The van der Waals surface area contributed by atoms with Gasteiger partial charge in [-0.15, -0.1) is 0 Å². The van der Waals surface area contributed by atoms with E-state index >= 15 is 0 Å². The fraction of sp³-hybridized carbons (Fsp3) is 0.300. The van der Waals surface area contributed by atoms with Crippen molar-refractivity contribution in [1.29, 1.82) is 0 Å². The molecule has 0 aromatic heterocycles. The summed E-state index contributed by atoms with van der Waals surface area (Å²) >= 11 is 0. The predicted molar refractivity (Wildman–Crippen MR) is 104 cm³/mol. The molecule has 0 spiro atoms. The van der Waals surface area contributed by atoms with Gasteiger partial charge in [0.1, 0.15) is 0 Å². The molecule has 0 saturated carbocycles. The molecule has 7 nitrogen and oxygen atoms in total. The number of amides is 1. The number of nitrogens with zero attached hydrogens (tertiary/aromatic N) is 1. The molecule has 1 saturated heterocycles. The smallest absolute Gasteiger partial charge is 0.308 e. The lowest BCUT2D eigenvalue weighted by Gasteiger charge is -2.30. The van der Waals surface area contributed by atoms with Crippen LogP contribution in [0.1, 0.15) is 23.2 Å². The molecule has 1 amide bonds. The van der Waals surface area contributed by atoms with Gasteiger partial charge in [-0.25, -0.2) is 8.42 Å². The first kappa shape index (κ1) is 19.9.